The van der Waals surface area contributed by atoms with Crippen LogP contribution in [0.15, 0.2) is 12.1 Å². The summed E-state index contributed by atoms with van der Waals surface area (Å²) in [5.74, 6) is -0.615. The smallest absolute Gasteiger partial charge is 0.164 e. The number of anilines is 2. The van der Waals surface area contributed by atoms with Gasteiger partial charge in [0.1, 0.15) is 0 Å². The zero-order chi connectivity index (χ0) is 7.72. The van der Waals surface area contributed by atoms with Gasteiger partial charge >= 0.3 is 0 Å². The first kappa shape index (κ1) is 7.15. The van der Waals surface area contributed by atoms with Crippen molar-refractivity contribution >= 4 is 23.0 Å². The molecule has 1 aromatic carbocycles. The summed E-state index contributed by atoms with van der Waals surface area (Å²) in [7, 11) is 0. The lowest BCUT2D eigenvalue weighted by Crippen LogP contribution is -1.94. The Kier molecular flexibility index (Phi) is 1.68. The van der Waals surface area contributed by atoms with Crippen LogP contribution in [0.5, 0.6) is 0 Å². The molecule has 0 aliphatic carbocycles. The molecule has 0 aliphatic heterocycles. The van der Waals surface area contributed by atoms with Crippen LogP contribution in [0, 0.1) is 5.82 Å². The molecule has 0 bridgehead atoms. The Bertz CT molecular complexity index is 239. The molecule has 0 radical (unpaired) electrons. The van der Waals surface area contributed by atoms with E-state index in [1.54, 1.807) is 0 Å². The Morgan fingerprint density at radius 2 is 1.90 bits per heavy atom. The van der Waals surface area contributed by atoms with Crippen LogP contribution < -0.4 is 11.5 Å². The van der Waals surface area contributed by atoms with Crippen molar-refractivity contribution in [2.24, 2.45) is 0 Å². The standard InChI is InChI=1S/C6H6ClFN2/c7-4-1-3(9)2-5(10)6(4)8/h1-2H,9-10H2. The summed E-state index contributed by atoms with van der Waals surface area (Å²) < 4.78 is 12.6. The van der Waals surface area contributed by atoms with E-state index in [2.05, 4.69) is 0 Å². The van der Waals surface area contributed by atoms with Crippen molar-refractivity contribution in [3.63, 3.8) is 0 Å². The van der Waals surface area contributed by atoms with Crippen molar-refractivity contribution in [2.45, 2.75) is 0 Å². The first-order valence-corrected chi connectivity index (χ1v) is 2.99. The van der Waals surface area contributed by atoms with Gasteiger partial charge in [0.25, 0.3) is 0 Å². The summed E-state index contributed by atoms with van der Waals surface area (Å²) in [6, 6.07) is 2.63. The first-order valence-electron chi connectivity index (χ1n) is 2.61. The number of halogens is 2. The molecule has 0 aromatic heterocycles. The maximum Gasteiger partial charge on any atom is 0.164 e. The van der Waals surface area contributed by atoms with Gasteiger partial charge in [-0.1, -0.05) is 11.6 Å². The highest BCUT2D eigenvalue weighted by molar-refractivity contribution is 6.31. The summed E-state index contributed by atoms with van der Waals surface area (Å²) in [5, 5.41) is -0.0440. The second-order valence-corrected chi connectivity index (χ2v) is 2.31. The van der Waals surface area contributed by atoms with Crippen LogP contribution in [-0.4, -0.2) is 0 Å². The van der Waals surface area contributed by atoms with E-state index in [-0.39, 0.29) is 10.7 Å². The zero-order valence-corrected chi connectivity index (χ0v) is 5.82. The van der Waals surface area contributed by atoms with Gasteiger partial charge in [-0.3, -0.25) is 0 Å². The molecule has 54 valence electrons. The molecule has 1 rings (SSSR count). The van der Waals surface area contributed by atoms with Crippen LogP contribution >= 0.6 is 11.6 Å². The largest absolute Gasteiger partial charge is 0.399 e. The van der Waals surface area contributed by atoms with Crippen LogP contribution in [0.3, 0.4) is 0 Å². The van der Waals surface area contributed by atoms with Crippen LogP contribution in [0.25, 0.3) is 0 Å². The first-order chi connectivity index (χ1) is 4.61. The molecule has 0 fully saturated rings. The molecular weight excluding hydrogens is 155 g/mol. The molecule has 0 unspecified atom stereocenters. The normalized spacial score (nSPS) is 9.80. The maximum atomic E-state index is 12.6. The van der Waals surface area contributed by atoms with E-state index in [9.17, 15) is 4.39 Å². The highest BCUT2D eigenvalue weighted by Crippen LogP contribution is 2.23. The average molecular weight is 161 g/mol. The monoisotopic (exact) mass is 160 g/mol. The highest BCUT2D eigenvalue weighted by atomic mass is 35.5. The molecule has 4 N–H and O–H groups in total. The Morgan fingerprint density at radius 1 is 1.30 bits per heavy atom. The maximum absolute atomic E-state index is 12.6. The van der Waals surface area contributed by atoms with Crippen LogP contribution in [0.4, 0.5) is 15.8 Å². The van der Waals surface area contributed by atoms with Crippen molar-refractivity contribution in [2.75, 3.05) is 11.5 Å². The van der Waals surface area contributed by atoms with Gasteiger partial charge < -0.3 is 11.5 Å². The summed E-state index contributed by atoms with van der Waals surface area (Å²) in [4.78, 5) is 0. The fraction of sp³-hybridized carbons (Fsp3) is 0. The summed E-state index contributed by atoms with van der Waals surface area (Å²) in [5.41, 5.74) is 10.8. The van der Waals surface area contributed by atoms with Crippen LogP contribution in [0.1, 0.15) is 0 Å². The second-order valence-electron chi connectivity index (χ2n) is 1.91. The fourth-order valence-corrected chi connectivity index (χ4v) is 0.867. The van der Waals surface area contributed by atoms with E-state index in [0.29, 0.717) is 5.69 Å². The van der Waals surface area contributed by atoms with Gasteiger partial charge in [-0.05, 0) is 12.1 Å². The predicted octanol–water partition coefficient (Wildman–Crippen LogP) is 1.64. The van der Waals surface area contributed by atoms with E-state index < -0.39 is 5.82 Å². The van der Waals surface area contributed by atoms with E-state index >= 15 is 0 Å². The molecule has 10 heavy (non-hydrogen) atoms. The van der Waals surface area contributed by atoms with Gasteiger partial charge in [-0.25, -0.2) is 4.39 Å². The third kappa shape index (κ3) is 1.14. The van der Waals surface area contributed by atoms with E-state index in [4.69, 9.17) is 23.1 Å². The van der Waals surface area contributed by atoms with Crippen LogP contribution in [-0.2, 0) is 0 Å². The molecule has 0 amide bonds. The molecule has 0 saturated heterocycles. The average Bonchev–Trinajstić information content (AvgIpc) is 1.82. The minimum atomic E-state index is -0.615. The van der Waals surface area contributed by atoms with Crippen molar-refractivity contribution in [3.8, 4) is 0 Å². The molecule has 1 aromatic rings. The lowest BCUT2D eigenvalue weighted by molar-refractivity contribution is 0.633. The van der Waals surface area contributed by atoms with Crippen LogP contribution in [0.2, 0.25) is 5.02 Å². The molecule has 4 heteroatoms. The molecule has 2 nitrogen and oxygen atoms in total. The number of rotatable bonds is 0. The second kappa shape index (κ2) is 2.34. The number of hydrogen-bond acceptors (Lipinski definition) is 2. The van der Waals surface area contributed by atoms with Crippen molar-refractivity contribution in [1.29, 1.82) is 0 Å². The minimum absolute atomic E-state index is 0.0231. The lowest BCUT2D eigenvalue weighted by atomic mass is 10.3. The Morgan fingerprint density at radius 3 is 2.40 bits per heavy atom. The summed E-state index contributed by atoms with van der Waals surface area (Å²) in [6.07, 6.45) is 0. The number of nitrogens with two attached hydrogens (primary N) is 2. The number of nitrogen functional groups attached to an aromatic ring is 2. The quantitative estimate of drug-likeness (QED) is 0.567. The van der Waals surface area contributed by atoms with E-state index in [1.165, 1.54) is 12.1 Å². The fourth-order valence-electron chi connectivity index (χ4n) is 0.632. The summed E-state index contributed by atoms with van der Waals surface area (Å²) >= 11 is 5.38. The highest BCUT2D eigenvalue weighted by Gasteiger charge is 2.03. The summed E-state index contributed by atoms with van der Waals surface area (Å²) in [6.45, 7) is 0. The minimum Gasteiger partial charge on any atom is -0.399 e. The SMILES string of the molecule is Nc1cc(N)c(F)c(Cl)c1. The zero-order valence-electron chi connectivity index (χ0n) is 5.07. The molecular formula is C6H6ClFN2. The Hall–Kier alpha value is -0.960. The Balaban J connectivity index is 3.31. The molecule has 0 atom stereocenters. The third-order valence-electron chi connectivity index (χ3n) is 1.08. The van der Waals surface area contributed by atoms with E-state index in [1.807, 2.05) is 0 Å². The molecule has 0 spiro atoms. The van der Waals surface area contributed by atoms with Crippen molar-refractivity contribution < 1.29 is 4.39 Å². The van der Waals surface area contributed by atoms with Gasteiger partial charge in [-0.15, -0.1) is 0 Å². The third-order valence-corrected chi connectivity index (χ3v) is 1.35. The van der Waals surface area contributed by atoms with Crippen molar-refractivity contribution in [3.05, 3.63) is 23.0 Å². The molecule has 0 aliphatic rings. The van der Waals surface area contributed by atoms with Gasteiger partial charge in [0.15, 0.2) is 5.82 Å². The number of hydrogen-bond donors (Lipinski definition) is 2. The van der Waals surface area contributed by atoms with Crippen molar-refractivity contribution in [1.82, 2.24) is 0 Å². The topological polar surface area (TPSA) is 52.0 Å². The predicted molar refractivity (Wildman–Crippen MR) is 40.2 cm³/mol. The van der Waals surface area contributed by atoms with Gasteiger partial charge in [0.2, 0.25) is 0 Å². The van der Waals surface area contributed by atoms with Gasteiger partial charge in [-0.2, -0.15) is 0 Å². The lowest BCUT2D eigenvalue weighted by Gasteiger charge is -1.99. The van der Waals surface area contributed by atoms with Gasteiger partial charge in [0, 0.05) is 5.69 Å². The van der Waals surface area contributed by atoms with E-state index in [0.717, 1.165) is 0 Å². The number of benzene rings is 1. The van der Waals surface area contributed by atoms with Gasteiger partial charge in [0.05, 0.1) is 10.7 Å². The molecule has 0 heterocycles. The molecule has 0 saturated carbocycles. The Labute approximate surface area is 62.6 Å².